The van der Waals surface area contributed by atoms with E-state index in [1.165, 1.54) is 5.56 Å². The average Bonchev–Trinajstić information content (AvgIpc) is 3.02. The van der Waals surface area contributed by atoms with Crippen LogP contribution in [-0.2, 0) is 29.0 Å². The van der Waals surface area contributed by atoms with Crippen molar-refractivity contribution in [2.24, 2.45) is 5.92 Å². The van der Waals surface area contributed by atoms with Gasteiger partial charge in [0.25, 0.3) is 0 Å². The zero-order valence-corrected chi connectivity index (χ0v) is 16.8. The van der Waals surface area contributed by atoms with Crippen LogP contribution in [0.1, 0.15) is 35.4 Å². The number of rotatable bonds is 7. The van der Waals surface area contributed by atoms with Crippen LogP contribution in [0.4, 0.5) is 5.13 Å². The first kappa shape index (κ1) is 19.1. The van der Waals surface area contributed by atoms with Gasteiger partial charge in [0.05, 0.1) is 12.2 Å². The molecule has 0 saturated heterocycles. The van der Waals surface area contributed by atoms with Crippen LogP contribution in [0.2, 0.25) is 0 Å². The van der Waals surface area contributed by atoms with E-state index in [0.29, 0.717) is 18.2 Å². The van der Waals surface area contributed by atoms with Crippen LogP contribution in [0.25, 0.3) is 0 Å². The largest absolute Gasteiger partial charge is 0.355 e. The predicted octanol–water partition coefficient (Wildman–Crippen LogP) is 2.60. The molecular formula is C21H26N4O2S. The summed E-state index contributed by atoms with van der Waals surface area (Å²) in [6.45, 7) is 2.59. The Morgan fingerprint density at radius 1 is 1.21 bits per heavy atom. The quantitative estimate of drug-likeness (QED) is 0.752. The lowest BCUT2D eigenvalue weighted by molar-refractivity contribution is -0.123. The Hall–Kier alpha value is -2.25. The summed E-state index contributed by atoms with van der Waals surface area (Å²) >= 11 is 1.55. The summed E-state index contributed by atoms with van der Waals surface area (Å²) in [4.78, 5) is 32.3. The summed E-state index contributed by atoms with van der Waals surface area (Å²) in [6.07, 6.45) is 4.79. The van der Waals surface area contributed by atoms with Crippen LogP contribution in [0.15, 0.2) is 30.3 Å². The highest BCUT2D eigenvalue weighted by molar-refractivity contribution is 7.15. The lowest BCUT2D eigenvalue weighted by Crippen LogP contribution is -2.40. The summed E-state index contributed by atoms with van der Waals surface area (Å²) in [5.41, 5.74) is 2.29. The Morgan fingerprint density at radius 2 is 2.04 bits per heavy atom. The van der Waals surface area contributed by atoms with E-state index in [-0.39, 0.29) is 17.7 Å². The Kier molecular flexibility index (Phi) is 6.02. The van der Waals surface area contributed by atoms with E-state index < -0.39 is 0 Å². The molecule has 1 saturated carbocycles. The van der Waals surface area contributed by atoms with E-state index in [9.17, 15) is 9.59 Å². The molecule has 1 fully saturated rings. The Balaban J connectivity index is 1.23. The summed E-state index contributed by atoms with van der Waals surface area (Å²) in [5.74, 6) is 0.325. The first-order valence-electron chi connectivity index (χ1n) is 10.00. The molecule has 28 heavy (non-hydrogen) atoms. The molecule has 148 valence electrons. The molecule has 2 amide bonds. The van der Waals surface area contributed by atoms with Crippen LogP contribution in [0, 0.1) is 5.92 Å². The van der Waals surface area contributed by atoms with Crippen molar-refractivity contribution in [3.63, 3.8) is 0 Å². The second-order valence-electron chi connectivity index (χ2n) is 7.55. The second-order valence-corrected chi connectivity index (χ2v) is 8.64. The molecule has 0 atom stereocenters. The smallest absolute Gasteiger partial charge is 0.234 e. The van der Waals surface area contributed by atoms with Crippen molar-refractivity contribution in [3.05, 3.63) is 46.5 Å². The Labute approximate surface area is 169 Å². The van der Waals surface area contributed by atoms with Gasteiger partial charge in [0.1, 0.15) is 0 Å². The van der Waals surface area contributed by atoms with Crippen molar-refractivity contribution in [3.8, 4) is 0 Å². The summed E-state index contributed by atoms with van der Waals surface area (Å²) < 4.78 is 0. The van der Waals surface area contributed by atoms with Crippen LogP contribution in [0.3, 0.4) is 0 Å². The van der Waals surface area contributed by atoms with Crippen LogP contribution in [0.5, 0.6) is 0 Å². The van der Waals surface area contributed by atoms with Crippen molar-refractivity contribution in [2.75, 3.05) is 25.0 Å². The van der Waals surface area contributed by atoms with Crippen LogP contribution >= 0.6 is 11.3 Å². The fraction of sp³-hybridized carbons (Fsp3) is 0.476. The molecule has 1 aliphatic heterocycles. The maximum absolute atomic E-state index is 12.3. The number of fused-ring (bicyclic) bond motifs is 1. The first-order chi connectivity index (χ1) is 13.7. The van der Waals surface area contributed by atoms with Crippen molar-refractivity contribution in [1.82, 2.24) is 15.2 Å². The van der Waals surface area contributed by atoms with Gasteiger partial charge in [0, 0.05) is 36.9 Å². The molecule has 0 radical (unpaired) electrons. The molecule has 2 aromatic rings. The fourth-order valence-electron chi connectivity index (χ4n) is 3.56. The third-order valence-electron chi connectivity index (χ3n) is 5.46. The number of carbonyl (C=O) groups excluding carboxylic acids is 2. The molecule has 0 spiro atoms. The standard InChI is InChI=1S/C21H26N4O2S/c26-19(22-11-9-15-5-2-1-3-6-15)14-25-12-10-17-18(13-25)28-21(23-17)24-20(27)16-7-4-8-16/h1-3,5-6,16H,4,7-14H2,(H,22,26)(H,23,24,27). The number of amides is 2. The van der Waals surface area contributed by atoms with Crippen molar-refractivity contribution < 1.29 is 9.59 Å². The Bertz CT molecular complexity index is 832. The van der Waals surface area contributed by atoms with Gasteiger partial charge in [-0.2, -0.15) is 0 Å². The summed E-state index contributed by atoms with van der Waals surface area (Å²) in [6, 6.07) is 10.2. The highest BCUT2D eigenvalue weighted by Crippen LogP contribution is 2.31. The third kappa shape index (κ3) is 4.77. The lowest BCUT2D eigenvalue weighted by atomic mass is 9.85. The average molecular weight is 399 g/mol. The number of anilines is 1. The fourth-order valence-corrected chi connectivity index (χ4v) is 4.62. The maximum Gasteiger partial charge on any atom is 0.234 e. The van der Waals surface area contributed by atoms with Crippen LogP contribution in [-0.4, -0.2) is 41.3 Å². The second kappa shape index (κ2) is 8.84. The molecule has 2 heterocycles. The van der Waals surface area contributed by atoms with Gasteiger partial charge < -0.3 is 10.6 Å². The van der Waals surface area contributed by atoms with Gasteiger partial charge in [0.15, 0.2) is 5.13 Å². The third-order valence-corrected chi connectivity index (χ3v) is 6.46. The number of hydrogen-bond acceptors (Lipinski definition) is 5. The lowest BCUT2D eigenvalue weighted by Gasteiger charge is -2.25. The number of thiazole rings is 1. The maximum atomic E-state index is 12.3. The number of aromatic nitrogens is 1. The zero-order valence-electron chi connectivity index (χ0n) is 15.9. The number of nitrogens with zero attached hydrogens (tertiary/aromatic N) is 2. The van der Waals surface area contributed by atoms with Crippen LogP contribution < -0.4 is 10.6 Å². The van der Waals surface area contributed by atoms with E-state index >= 15 is 0 Å². The van der Waals surface area contributed by atoms with E-state index in [0.717, 1.165) is 55.8 Å². The molecule has 6 nitrogen and oxygen atoms in total. The molecule has 1 aliphatic carbocycles. The predicted molar refractivity (Wildman–Crippen MR) is 110 cm³/mol. The van der Waals surface area contributed by atoms with E-state index in [1.807, 2.05) is 18.2 Å². The van der Waals surface area contributed by atoms with Crippen molar-refractivity contribution in [1.29, 1.82) is 0 Å². The highest BCUT2D eigenvalue weighted by Gasteiger charge is 2.27. The highest BCUT2D eigenvalue weighted by atomic mass is 32.1. The normalized spacial score (nSPS) is 16.9. The number of nitrogens with one attached hydrogen (secondary N) is 2. The van der Waals surface area contributed by atoms with Crippen molar-refractivity contribution >= 4 is 28.3 Å². The minimum atomic E-state index is 0.0578. The molecule has 4 rings (SSSR count). The molecule has 1 aromatic heterocycles. The molecular weight excluding hydrogens is 372 g/mol. The van der Waals surface area contributed by atoms with Gasteiger partial charge in [0.2, 0.25) is 11.8 Å². The van der Waals surface area contributed by atoms with E-state index in [4.69, 9.17) is 0 Å². The topological polar surface area (TPSA) is 74.3 Å². The molecule has 2 aliphatic rings. The first-order valence-corrected chi connectivity index (χ1v) is 10.8. The van der Waals surface area contributed by atoms with Gasteiger partial charge >= 0.3 is 0 Å². The number of benzene rings is 1. The zero-order chi connectivity index (χ0) is 19.3. The molecule has 1 aromatic carbocycles. The van der Waals surface area contributed by atoms with E-state index in [1.54, 1.807) is 11.3 Å². The van der Waals surface area contributed by atoms with Gasteiger partial charge in [-0.05, 0) is 24.8 Å². The van der Waals surface area contributed by atoms with Gasteiger partial charge in [-0.15, -0.1) is 11.3 Å². The summed E-state index contributed by atoms with van der Waals surface area (Å²) in [7, 11) is 0. The number of carbonyl (C=O) groups is 2. The molecule has 7 heteroatoms. The minimum absolute atomic E-state index is 0.0578. The van der Waals surface area contributed by atoms with E-state index in [2.05, 4.69) is 32.7 Å². The minimum Gasteiger partial charge on any atom is -0.355 e. The van der Waals surface area contributed by atoms with Gasteiger partial charge in [-0.25, -0.2) is 4.98 Å². The molecule has 2 N–H and O–H groups in total. The van der Waals surface area contributed by atoms with Gasteiger partial charge in [-0.1, -0.05) is 36.8 Å². The Morgan fingerprint density at radius 3 is 2.79 bits per heavy atom. The monoisotopic (exact) mass is 398 g/mol. The molecule has 0 unspecified atom stereocenters. The summed E-state index contributed by atoms with van der Waals surface area (Å²) in [5, 5.41) is 6.68. The van der Waals surface area contributed by atoms with Crippen molar-refractivity contribution in [2.45, 2.75) is 38.6 Å². The van der Waals surface area contributed by atoms with Gasteiger partial charge in [-0.3, -0.25) is 14.5 Å². The SMILES string of the molecule is O=C(CN1CCc2nc(NC(=O)C3CCC3)sc2C1)NCCc1ccccc1. The molecule has 0 bridgehead atoms. The number of hydrogen-bond donors (Lipinski definition) is 2.